The van der Waals surface area contributed by atoms with Crippen LogP contribution in [0.3, 0.4) is 0 Å². The topological polar surface area (TPSA) is 117 Å². The lowest BCUT2D eigenvalue weighted by molar-refractivity contribution is -0.119. The van der Waals surface area contributed by atoms with Gasteiger partial charge in [-0.2, -0.15) is 0 Å². The molecule has 8 heteroatoms. The summed E-state index contributed by atoms with van der Waals surface area (Å²) in [7, 11) is 1.45. The summed E-state index contributed by atoms with van der Waals surface area (Å²) in [6, 6.07) is 4.63. The van der Waals surface area contributed by atoms with Gasteiger partial charge in [-0.15, -0.1) is 12.4 Å². The third-order valence-corrected chi connectivity index (χ3v) is 3.17. The van der Waals surface area contributed by atoms with Gasteiger partial charge in [0.2, 0.25) is 0 Å². The molecule has 0 heterocycles. The normalized spacial score (nSPS) is 11.4. The molecule has 7 nitrogen and oxygen atoms in total. The first kappa shape index (κ1) is 22.0. The van der Waals surface area contributed by atoms with E-state index in [1.165, 1.54) is 7.11 Å². The van der Waals surface area contributed by atoms with Crippen molar-refractivity contribution < 1.29 is 19.1 Å². The lowest BCUT2D eigenvalue weighted by Crippen LogP contribution is -2.41. The quantitative estimate of drug-likeness (QED) is 0.610. The Bertz CT molecular complexity index is 552. The van der Waals surface area contributed by atoms with Gasteiger partial charge < -0.3 is 26.3 Å². The number of carbonyl (C=O) groups excluding carboxylic acids is 2. The molecule has 24 heavy (non-hydrogen) atoms. The van der Waals surface area contributed by atoms with Crippen LogP contribution in [0.1, 0.15) is 30.6 Å². The van der Waals surface area contributed by atoms with E-state index >= 15 is 0 Å². The maximum absolute atomic E-state index is 12.3. The Morgan fingerprint density at radius 2 is 1.92 bits per heavy atom. The van der Waals surface area contributed by atoms with E-state index in [9.17, 15) is 9.59 Å². The first-order valence-corrected chi connectivity index (χ1v) is 7.47. The van der Waals surface area contributed by atoms with Gasteiger partial charge in [0.15, 0.2) is 18.1 Å². The van der Waals surface area contributed by atoms with Crippen LogP contribution in [0.25, 0.3) is 0 Å². The van der Waals surface area contributed by atoms with E-state index < -0.39 is 5.91 Å². The molecule has 0 aliphatic heterocycles. The van der Waals surface area contributed by atoms with Crippen LogP contribution < -0.4 is 26.3 Å². The minimum atomic E-state index is -0.589. The molecule has 0 spiro atoms. The monoisotopic (exact) mass is 359 g/mol. The Morgan fingerprint density at radius 3 is 2.42 bits per heavy atom. The highest BCUT2D eigenvalue weighted by Crippen LogP contribution is 2.28. The molecular formula is C16H26ClN3O4. The van der Waals surface area contributed by atoms with E-state index in [0.29, 0.717) is 29.5 Å². The van der Waals surface area contributed by atoms with E-state index in [-0.39, 0.29) is 31.0 Å². The largest absolute Gasteiger partial charge is 0.493 e. The molecule has 0 aliphatic carbocycles. The summed E-state index contributed by atoms with van der Waals surface area (Å²) in [5, 5.41) is 2.90. The zero-order valence-electron chi connectivity index (χ0n) is 14.2. The second-order valence-corrected chi connectivity index (χ2v) is 5.66. The van der Waals surface area contributed by atoms with Gasteiger partial charge in [-0.3, -0.25) is 9.59 Å². The standard InChI is InChI=1S/C16H25N3O4.ClH/c1-10(2)6-12(8-17)19-16(21)11-4-5-13(14(7-11)22-3)23-9-15(18)20;/h4-5,7,10,12H,6,8-9,17H2,1-3H3,(H2,18,20)(H,19,21);1H. The highest BCUT2D eigenvalue weighted by molar-refractivity contribution is 5.95. The van der Waals surface area contributed by atoms with Crippen LogP contribution in [0.5, 0.6) is 11.5 Å². The molecule has 1 aromatic rings. The smallest absolute Gasteiger partial charge is 0.255 e. The fraction of sp³-hybridized carbons (Fsp3) is 0.500. The van der Waals surface area contributed by atoms with Gasteiger partial charge in [0.1, 0.15) is 0 Å². The van der Waals surface area contributed by atoms with Crippen LogP contribution in [-0.2, 0) is 4.79 Å². The maximum Gasteiger partial charge on any atom is 0.255 e. The zero-order valence-corrected chi connectivity index (χ0v) is 15.0. The number of hydrogen-bond acceptors (Lipinski definition) is 5. The first-order valence-electron chi connectivity index (χ1n) is 7.47. The summed E-state index contributed by atoms with van der Waals surface area (Å²) in [4.78, 5) is 23.1. The highest BCUT2D eigenvalue weighted by Gasteiger charge is 2.16. The Kier molecular flexibility index (Phi) is 9.83. The average Bonchev–Trinajstić information content (AvgIpc) is 2.51. The van der Waals surface area contributed by atoms with Crippen molar-refractivity contribution in [3.05, 3.63) is 23.8 Å². The average molecular weight is 360 g/mol. The maximum atomic E-state index is 12.3. The van der Waals surface area contributed by atoms with Crippen molar-refractivity contribution in [3.63, 3.8) is 0 Å². The number of amides is 2. The molecule has 5 N–H and O–H groups in total. The third kappa shape index (κ3) is 7.06. The number of rotatable bonds is 9. The number of nitrogens with one attached hydrogen (secondary N) is 1. The Hall–Kier alpha value is -1.99. The molecule has 0 fully saturated rings. The Balaban J connectivity index is 0.00000529. The van der Waals surface area contributed by atoms with Crippen LogP contribution >= 0.6 is 12.4 Å². The van der Waals surface area contributed by atoms with Gasteiger partial charge in [0, 0.05) is 18.2 Å². The van der Waals surface area contributed by atoms with Crippen molar-refractivity contribution in [3.8, 4) is 11.5 Å². The highest BCUT2D eigenvalue weighted by atomic mass is 35.5. The molecule has 0 saturated heterocycles. The second kappa shape index (κ2) is 10.7. The summed E-state index contributed by atoms with van der Waals surface area (Å²) in [6.45, 7) is 4.26. The molecular weight excluding hydrogens is 334 g/mol. The molecule has 1 atom stereocenters. The van der Waals surface area contributed by atoms with Crippen LogP contribution in [0, 0.1) is 5.92 Å². The zero-order chi connectivity index (χ0) is 17.4. The molecule has 0 radical (unpaired) electrons. The van der Waals surface area contributed by atoms with Crippen molar-refractivity contribution in [2.45, 2.75) is 26.3 Å². The molecule has 0 bridgehead atoms. The van der Waals surface area contributed by atoms with Crippen LogP contribution in [0.2, 0.25) is 0 Å². The molecule has 1 unspecified atom stereocenters. The predicted octanol–water partition coefficient (Wildman–Crippen LogP) is 1.08. The van der Waals surface area contributed by atoms with Gasteiger partial charge in [0.25, 0.3) is 11.8 Å². The van der Waals surface area contributed by atoms with Gasteiger partial charge >= 0.3 is 0 Å². The van der Waals surface area contributed by atoms with Crippen molar-refractivity contribution in [1.82, 2.24) is 5.32 Å². The van der Waals surface area contributed by atoms with E-state index in [0.717, 1.165) is 6.42 Å². The lowest BCUT2D eigenvalue weighted by atomic mass is 10.0. The lowest BCUT2D eigenvalue weighted by Gasteiger charge is -2.19. The van der Waals surface area contributed by atoms with Gasteiger partial charge in [0.05, 0.1) is 7.11 Å². The fourth-order valence-corrected chi connectivity index (χ4v) is 2.13. The van der Waals surface area contributed by atoms with Crippen LogP contribution in [0.15, 0.2) is 18.2 Å². The van der Waals surface area contributed by atoms with E-state index in [4.69, 9.17) is 20.9 Å². The van der Waals surface area contributed by atoms with Gasteiger partial charge in [-0.25, -0.2) is 0 Å². The Morgan fingerprint density at radius 1 is 1.25 bits per heavy atom. The summed E-state index contributed by atoms with van der Waals surface area (Å²) in [5.74, 6) is 0.310. The third-order valence-electron chi connectivity index (χ3n) is 3.17. The van der Waals surface area contributed by atoms with E-state index in [2.05, 4.69) is 19.2 Å². The molecule has 1 rings (SSSR count). The summed E-state index contributed by atoms with van der Waals surface area (Å²) in [5.41, 5.74) is 11.2. The number of methoxy groups -OCH3 is 1. The van der Waals surface area contributed by atoms with Gasteiger partial charge in [-0.05, 0) is 30.5 Å². The number of nitrogens with two attached hydrogens (primary N) is 2. The van der Waals surface area contributed by atoms with Gasteiger partial charge in [-0.1, -0.05) is 13.8 Å². The minimum absolute atomic E-state index is 0. The SMILES string of the molecule is COc1cc(C(=O)NC(CN)CC(C)C)ccc1OCC(N)=O.Cl. The summed E-state index contributed by atoms with van der Waals surface area (Å²) < 4.78 is 10.4. The number of halogens is 1. The van der Waals surface area contributed by atoms with Crippen LogP contribution in [0.4, 0.5) is 0 Å². The molecule has 0 aromatic heterocycles. The van der Waals surface area contributed by atoms with E-state index in [1.54, 1.807) is 18.2 Å². The number of benzene rings is 1. The van der Waals surface area contributed by atoms with Crippen LogP contribution in [-0.4, -0.2) is 38.1 Å². The Labute approximate surface area is 148 Å². The number of ether oxygens (including phenoxy) is 2. The molecule has 1 aromatic carbocycles. The fourth-order valence-electron chi connectivity index (χ4n) is 2.13. The molecule has 0 aliphatic rings. The van der Waals surface area contributed by atoms with Crippen molar-refractivity contribution >= 4 is 24.2 Å². The minimum Gasteiger partial charge on any atom is -0.493 e. The number of hydrogen-bond donors (Lipinski definition) is 3. The number of primary amides is 1. The first-order chi connectivity index (χ1) is 10.9. The second-order valence-electron chi connectivity index (χ2n) is 5.66. The molecule has 136 valence electrons. The van der Waals surface area contributed by atoms with E-state index in [1.807, 2.05) is 0 Å². The van der Waals surface area contributed by atoms with Crippen molar-refractivity contribution in [2.24, 2.45) is 17.4 Å². The van der Waals surface area contributed by atoms with Crippen molar-refractivity contribution in [1.29, 1.82) is 0 Å². The molecule has 2 amide bonds. The summed E-state index contributed by atoms with van der Waals surface area (Å²) in [6.07, 6.45) is 0.805. The predicted molar refractivity (Wildman–Crippen MR) is 94.7 cm³/mol. The van der Waals surface area contributed by atoms with Crippen molar-refractivity contribution in [2.75, 3.05) is 20.3 Å². The molecule has 0 saturated carbocycles. The number of carbonyl (C=O) groups is 2. The summed E-state index contributed by atoms with van der Waals surface area (Å²) >= 11 is 0.